The van der Waals surface area contributed by atoms with Crippen molar-refractivity contribution < 1.29 is 22.6 Å². The number of sulfonamides is 1. The SMILES string of the molecule is COC[C@@H]1COc2ccccc2-c2nnc(NS(=O)(=O)[C@@H](C)[C@@H](OC(C)C)c3ncc(C)cn3)n21. The molecule has 11 nitrogen and oxygen atoms in total. The van der Waals surface area contributed by atoms with Crippen molar-refractivity contribution in [2.24, 2.45) is 0 Å². The van der Waals surface area contributed by atoms with Crippen molar-refractivity contribution in [2.75, 3.05) is 25.0 Å². The van der Waals surface area contributed by atoms with Crippen molar-refractivity contribution in [3.8, 4) is 17.1 Å². The molecule has 3 heterocycles. The largest absolute Gasteiger partial charge is 0.491 e. The van der Waals surface area contributed by atoms with Crippen LogP contribution < -0.4 is 9.46 Å². The van der Waals surface area contributed by atoms with E-state index in [1.165, 1.54) is 0 Å². The Labute approximate surface area is 204 Å². The summed E-state index contributed by atoms with van der Waals surface area (Å²) in [5, 5.41) is 7.44. The van der Waals surface area contributed by atoms with Gasteiger partial charge in [-0.1, -0.05) is 12.1 Å². The molecule has 35 heavy (non-hydrogen) atoms. The van der Waals surface area contributed by atoms with E-state index in [1.54, 1.807) is 31.0 Å². The molecule has 188 valence electrons. The molecule has 12 heteroatoms. The third-order valence-corrected chi connectivity index (χ3v) is 7.30. The fraction of sp³-hybridized carbons (Fsp3) is 0.478. The Bertz CT molecular complexity index is 1260. The molecule has 0 unspecified atom stereocenters. The quantitative estimate of drug-likeness (QED) is 0.469. The molecule has 0 radical (unpaired) electrons. The molecule has 1 aromatic carbocycles. The number of nitrogens with zero attached hydrogens (tertiary/aromatic N) is 5. The minimum atomic E-state index is -4.01. The number of rotatable bonds is 9. The first-order valence-electron chi connectivity index (χ1n) is 11.3. The fourth-order valence-electron chi connectivity index (χ4n) is 3.85. The van der Waals surface area contributed by atoms with Crippen molar-refractivity contribution in [3.63, 3.8) is 0 Å². The molecule has 0 aliphatic carbocycles. The third-order valence-electron chi connectivity index (χ3n) is 5.60. The number of anilines is 1. The molecule has 4 rings (SSSR count). The van der Waals surface area contributed by atoms with E-state index in [-0.39, 0.29) is 31.3 Å². The van der Waals surface area contributed by atoms with Crippen molar-refractivity contribution in [3.05, 3.63) is 48.0 Å². The standard InChI is InChI=1S/C23H30N6O5S/c1-14(2)34-20(21-24-10-15(3)11-25-21)16(4)35(30,31)28-23-27-26-22-18-8-6-7-9-19(18)33-13-17(12-32-5)29(22)23/h6-11,14,16-17,20H,12-13H2,1-5H3,(H,27,28)/t16-,17+,20+/m0/s1. The number of para-hydroxylation sites is 1. The molecule has 1 aliphatic heterocycles. The molecule has 3 atom stereocenters. The van der Waals surface area contributed by atoms with Gasteiger partial charge < -0.3 is 14.2 Å². The smallest absolute Gasteiger partial charge is 0.240 e. The van der Waals surface area contributed by atoms with E-state index in [0.29, 0.717) is 23.0 Å². The lowest BCUT2D eigenvalue weighted by Gasteiger charge is -2.26. The lowest BCUT2D eigenvalue weighted by Crippen LogP contribution is -2.35. The van der Waals surface area contributed by atoms with Gasteiger partial charge >= 0.3 is 0 Å². The molecular weight excluding hydrogens is 472 g/mol. The Hall–Kier alpha value is -3.09. The second kappa shape index (κ2) is 10.3. The van der Waals surface area contributed by atoms with Gasteiger partial charge in [0.25, 0.3) is 0 Å². The van der Waals surface area contributed by atoms with Crippen LogP contribution in [0, 0.1) is 6.92 Å². The second-order valence-corrected chi connectivity index (χ2v) is 10.7. The lowest BCUT2D eigenvalue weighted by atomic mass is 10.2. The normalized spacial score (nSPS) is 17.1. The van der Waals surface area contributed by atoms with Gasteiger partial charge in [-0.25, -0.2) is 18.4 Å². The number of hydrogen-bond acceptors (Lipinski definition) is 9. The molecule has 1 aliphatic rings. The topological polar surface area (TPSA) is 130 Å². The van der Waals surface area contributed by atoms with Crippen LogP contribution in [-0.4, -0.2) is 64.8 Å². The van der Waals surface area contributed by atoms with Crippen LogP contribution in [0.15, 0.2) is 36.7 Å². The van der Waals surface area contributed by atoms with Crippen LogP contribution in [0.25, 0.3) is 11.4 Å². The summed E-state index contributed by atoms with van der Waals surface area (Å²) in [6.07, 6.45) is 2.14. The van der Waals surface area contributed by atoms with E-state index in [0.717, 1.165) is 5.56 Å². The number of nitrogens with one attached hydrogen (secondary N) is 1. The minimum Gasteiger partial charge on any atom is -0.491 e. The summed E-state index contributed by atoms with van der Waals surface area (Å²) in [6, 6.07) is 7.06. The highest BCUT2D eigenvalue weighted by molar-refractivity contribution is 7.93. The Kier molecular flexibility index (Phi) is 7.33. The van der Waals surface area contributed by atoms with Crippen molar-refractivity contribution in [2.45, 2.75) is 51.2 Å². The predicted molar refractivity (Wildman–Crippen MR) is 130 cm³/mol. The van der Waals surface area contributed by atoms with Crippen molar-refractivity contribution in [1.29, 1.82) is 0 Å². The van der Waals surface area contributed by atoms with E-state index in [1.807, 2.05) is 45.0 Å². The van der Waals surface area contributed by atoms with Gasteiger partial charge in [-0.3, -0.25) is 9.29 Å². The van der Waals surface area contributed by atoms with E-state index < -0.39 is 21.4 Å². The van der Waals surface area contributed by atoms with Crippen LogP contribution in [0.5, 0.6) is 5.75 Å². The summed E-state index contributed by atoms with van der Waals surface area (Å²) < 4.78 is 48.7. The van der Waals surface area contributed by atoms with Crippen LogP contribution in [0.2, 0.25) is 0 Å². The monoisotopic (exact) mass is 502 g/mol. The molecule has 0 amide bonds. The minimum absolute atomic E-state index is 0.0716. The van der Waals surface area contributed by atoms with E-state index in [4.69, 9.17) is 14.2 Å². The van der Waals surface area contributed by atoms with Crippen LogP contribution in [0.3, 0.4) is 0 Å². The number of hydrogen-bond donors (Lipinski definition) is 1. The van der Waals surface area contributed by atoms with E-state index >= 15 is 0 Å². The molecule has 0 bridgehead atoms. The zero-order valence-corrected chi connectivity index (χ0v) is 21.2. The second-order valence-electron chi connectivity index (χ2n) is 8.71. The molecule has 0 spiro atoms. The fourth-order valence-corrected chi connectivity index (χ4v) is 4.94. The number of ether oxygens (including phenoxy) is 3. The average Bonchev–Trinajstić information content (AvgIpc) is 3.15. The maximum atomic E-state index is 13.6. The highest BCUT2D eigenvalue weighted by atomic mass is 32.2. The van der Waals surface area contributed by atoms with Gasteiger partial charge in [0.05, 0.1) is 24.3 Å². The first-order chi connectivity index (χ1) is 16.7. The van der Waals surface area contributed by atoms with Gasteiger partial charge in [-0.05, 0) is 45.4 Å². The lowest BCUT2D eigenvalue weighted by molar-refractivity contribution is 0.00152. The van der Waals surface area contributed by atoms with Gasteiger partial charge in [0, 0.05) is 19.5 Å². The van der Waals surface area contributed by atoms with Gasteiger partial charge in [-0.15, -0.1) is 10.2 Å². The number of fused-ring (bicyclic) bond motifs is 3. The summed E-state index contributed by atoms with van der Waals surface area (Å²) in [5.74, 6) is 1.50. The van der Waals surface area contributed by atoms with Gasteiger partial charge in [0.15, 0.2) is 11.6 Å². The number of benzene rings is 1. The first kappa shape index (κ1) is 25.0. The molecule has 0 saturated carbocycles. The number of aromatic nitrogens is 5. The Morgan fingerprint density at radius 2 is 1.89 bits per heavy atom. The summed E-state index contributed by atoms with van der Waals surface area (Å²) in [5.41, 5.74) is 1.58. The predicted octanol–water partition coefficient (Wildman–Crippen LogP) is 2.92. The zero-order chi connectivity index (χ0) is 25.2. The maximum absolute atomic E-state index is 13.6. The van der Waals surface area contributed by atoms with Gasteiger partial charge in [-0.2, -0.15) is 0 Å². The number of methoxy groups -OCH3 is 1. The summed E-state index contributed by atoms with van der Waals surface area (Å²) in [7, 11) is -2.43. The van der Waals surface area contributed by atoms with Crippen LogP contribution >= 0.6 is 0 Å². The molecule has 2 aromatic heterocycles. The number of aryl methyl sites for hydroxylation is 1. The van der Waals surface area contributed by atoms with E-state index in [2.05, 4.69) is 24.9 Å². The van der Waals surface area contributed by atoms with Gasteiger partial charge in [0.1, 0.15) is 23.7 Å². The summed E-state index contributed by atoms with van der Waals surface area (Å²) in [4.78, 5) is 8.63. The molecule has 0 fully saturated rings. The Morgan fingerprint density at radius 1 is 1.17 bits per heavy atom. The highest BCUT2D eigenvalue weighted by Crippen LogP contribution is 2.36. The maximum Gasteiger partial charge on any atom is 0.240 e. The van der Waals surface area contributed by atoms with Crippen LogP contribution in [0.4, 0.5) is 5.95 Å². The Morgan fingerprint density at radius 3 is 2.57 bits per heavy atom. The average molecular weight is 503 g/mol. The zero-order valence-electron chi connectivity index (χ0n) is 20.4. The Balaban J connectivity index is 1.70. The first-order valence-corrected chi connectivity index (χ1v) is 12.9. The van der Waals surface area contributed by atoms with Crippen LogP contribution in [-0.2, 0) is 19.5 Å². The molecule has 3 aromatic rings. The summed E-state index contributed by atoms with van der Waals surface area (Å²) >= 11 is 0. The molecular formula is C23H30N6O5S. The van der Waals surface area contributed by atoms with Crippen molar-refractivity contribution >= 4 is 16.0 Å². The third kappa shape index (κ3) is 5.29. The highest BCUT2D eigenvalue weighted by Gasteiger charge is 2.36. The van der Waals surface area contributed by atoms with Crippen LogP contribution in [0.1, 0.15) is 44.3 Å². The van der Waals surface area contributed by atoms with Crippen molar-refractivity contribution in [1.82, 2.24) is 24.7 Å². The molecule has 1 N–H and O–H groups in total. The summed E-state index contributed by atoms with van der Waals surface area (Å²) in [6.45, 7) is 7.62. The van der Waals surface area contributed by atoms with E-state index in [9.17, 15) is 8.42 Å². The van der Waals surface area contributed by atoms with Gasteiger partial charge in [0.2, 0.25) is 16.0 Å². The molecule has 0 saturated heterocycles.